The lowest BCUT2D eigenvalue weighted by atomic mass is 10.1. The molecule has 1 amide bonds. The summed E-state index contributed by atoms with van der Waals surface area (Å²) in [5.74, 6) is 1.52. The molecular weight excluding hydrogens is 404 g/mol. The summed E-state index contributed by atoms with van der Waals surface area (Å²) in [6.45, 7) is 2.76. The van der Waals surface area contributed by atoms with Crippen molar-refractivity contribution >= 4 is 40.0 Å². The second kappa shape index (κ2) is 9.15. The van der Waals surface area contributed by atoms with Crippen LogP contribution in [0.1, 0.15) is 21.8 Å². The fraction of sp³-hybridized carbons (Fsp3) is 0.182. The number of furan rings is 1. The Balaban J connectivity index is 1.44. The lowest BCUT2D eigenvalue weighted by Crippen LogP contribution is -2.28. The van der Waals surface area contributed by atoms with Crippen molar-refractivity contribution in [1.82, 2.24) is 10.3 Å². The van der Waals surface area contributed by atoms with Gasteiger partial charge in [-0.2, -0.15) is 0 Å². The number of fused-ring (bicyclic) bond motifs is 1. The highest BCUT2D eigenvalue weighted by Crippen LogP contribution is 2.33. The van der Waals surface area contributed by atoms with E-state index in [-0.39, 0.29) is 5.91 Å². The van der Waals surface area contributed by atoms with Crippen molar-refractivity contribution in [2.45, 2.75) is 17.0 Å². The van der Waals surface area contributed by atoms with Crippen LogP contribution in [-0.4, -0.2) is 24.0 Å². The van der Waals surface area contributed by atoms with E-state index in [2.05, 4.69) is 10.3 Å². The van der Waals surface area contributed by atoms with Crippen LogP contribution in [-0.2, 0) is 5.75 Å². The van der Waals surface area contributed by atoms with Gasteiger partial charge in [0.1, 0.15) is 22.3 Å². The molecule has 1 N–H and O–H groups in total. The first-order chi connectivity index (χ1) is 14.2. The fourth-order valence-corrected chi connectivity index (χ4v) is 4.77. The number of thioether (sulfide) groups is 1. The number of rotatable bonds is 8. The second-order valence-corrected chi connectivity index (χ2v) is 8.45. The summed E-state index contributed by atoms with van der Waals surface area (Å²) in [6, 6.07) is 17.3. The van der Waals surface area contributed by atoms with Gasteiger partial charge >= 0.3 is 0 Å². The number of para-hydroxylation sites is 2. The average Bonchev–Trinajstić information content (AvgIpc) is 3.33. The van der Waals surface area contributed by atoms with Gasteiger partial charge in [-0.1, -0.05) is 48.2 Å². The smallest absolute Gasteiger partial charge is 0.287 e. The Morgan fingerprint density at radius 1 is 1.17 bits per heavy atom. The number of nitrogens with zero attached hydrogens (tertiary/aromatic N) is 1. The van der Waals surface area contributed by atoms with Gasteiger partial charge in [0.05, 0.1) is 6.54 Å². The van der Waals surface area contributed by atoms with Gasteiger partial charge in [0.2, 0.25) is 0 Å². The topological polar surface area (TPSA) is 64.4 Å². The summed E-state index contributed by atoms with van der Waals surface area (Å²) in [4.78, 5) is 17.3. The average molecular weight is 425 g/mol. The number of hydrogen-bond donors (Lipinski definition) is 1. The van der Waals surface area contributed by atoms with E-state index in [1.54, 1.807) is 23.1 Å². The number of hydrogen-bond acceptors (Lipinski definition) is 6. The van der Waals surface area contributed by atoms with Gasteiger partial charge in [-0.25, -0.2) is 4.98 Å². The molecule has 0 saturated heterocycles. The van der Waals surface area contributed by atoms with E-state index in [0.29, 0.717) is 30.2 Å². The summed E-state index contributed by atoms with van der Waals surface area (Å²) in [5, 5.41) is 5.87. The summed E-state index contributed by atoms with van der Waals surface area (Å²) >= 11 is 3.22. The second-order valence-electron chi connectivity index (χ2n) is 6.37. The SMILES string of the molecule is Cc1csc(SCc2c(C(=O)NCCOc3ccccc3)oc3ccccc23)n1. The van der Waals surface area contributed by atoms with Crippen molar-refractivity contribution in [2.24, 2.45) is 0 Å². The van der Waals surface area contributed by atoms with Crippen LogP contribution in [0.4, 0.5) is 0 Å². The molecule has 0 fully saturated rings. The molecule has 0 aliphatic heterocycles. The van der Waals surface area contributed by atoms with Crippen molar-refractivity contribution in [2.75, 3.05) is 13.2 Å². The normalized spacial score (nSPS) is 10.9. The molecule has 7 heteroatoms. The first-order valence-corrected chi connectivity index (χ1v) is 11.1. The Kier molecular flexibility index (Phi) is 6.17. The summed E-state index contributed by atoms with van der Waals surface area (Å²) in [7, 11) is 0. The Hall–Kier alpha value is -2.77. The third-order valence-corrected chi connectivity index (χ3v) is 6.41. The molecule has 0 radical (unpaired) electrons. The standard InChI is InChI=1S/C22H20N2O3S2/c1-15-13-28-22(24-15)29-14-18-17-9-5-6-10-19(17)27-20(18)21(25)23-11-12-26-16-7-3-2-4-8-16/h2-10,13H,11-12,14H2,1H3,(H,23,25). The van der Waals surface area contributed by atoms with Gasteiger partial charge in [-0.05, 0) is 25.1 Å². The molecule has 0 atom stereocenters. The number of aromatic nitrogens is 1. The van der Waals surface area contributed by atoms with E-state index in [0.717, 1.165) is 26.7 Å². The zero-order valence-electron chi connectivity index (χ0n) is 15.9. The molecule has 0 spiro atoms. The van der Waals surface area contributed by atoms with Crippen LogP contribution in [0.3, 0.4) is 0 Å². The van der Waals surface area contributed by atoms with Crippen LogP contribution >= 0.6 is 23.1 Å². The molecule has 0 saturated carbocycles. The number of thiazole rings is 1. The highest BCUT2D eigenvalue weighted by atomic mass is 32.2. The van der Waals surface area contributed by atoms with Gasteiger partial charge < -0.3 is 14.5 Å². The van der Waals surface area contributed by atoms with Crippen LogP contribution < -0.4 is 10.1 Å². The third-order valence-electron chi connectivity index (χ3n) is 4.24. The number of aryl methyl sites for hydroxylation is 1. The monoisotopic (exact) mass is 424 g/mol. The predicted octanol–water partition coefficient (Wildman–Crippen LogP) is 5.30. The van der Waals surface area contributed by atoms with Crippen LogP contribution in [0.15, 0.2) is 68.7 Å². The Bertz CT molecular complexity index is 1110. The van der Waals surface area contributed by atoms with Crippen LogP contribution in [0.25, 0.3) is 11.0 Å². The van der Waals surface area contributed by atoms with Crippen LogP contribution in [0.2, 0.25) is 0 Å². The quantitative estimate of drug-likeness (QED) is 0.307. The zero-order chi connectivity index (χ0) is 20.1. The van der Waals surface area contributed by atoms with Crippen molar-refractivity contribution in [1.29, 1.82) is 0 Å². The molecule has 29 heavy (non-hydrogen) atoms. The van der Waals surface area contributed by atoms with Crippen LogP contribution in [0, 0.1) is 6.92 Å². The van der Waals surface area contributed by atoms with Gasteiger partial charge in [-0.15, -0.1) is 11.3 Å². The number of amides is 1. The molecule has 0 aliphatic rings. The number of ether oxygens (including phenoxy) is 1. The number of carbonyl (C=O) groups excluding carboxylic acids is 1. The molecule has 0 bridgehead atoms. The molecule has 0 unspecified atom stereocenters. The molecule has 5 nitrogen and oxygen atoms in total. The Labute approximate surface area is 177 Å². The number of carbonyl (C=O) groups is 1. The molecule has 2 aromatic carbocycles. The highest BCUT2D eigenvalue weighted by Gasteiger charge is 2.20. The van der Waals surface area contributed by atoms with E-state index in [1.165, 1.54) is 0 Å². The van der Waals surface area contributed by atoms with Crippen molar-refractivity contribution in [3.8, 4) is 5.75 Å². The Morgan fingerprint density at radius 3 is 2.76 bits per heavy atom. The van der Waals surface area contributed by atoms with E-state index in [9.17, 15) is 4.79 Å². The van der Waals surface area contributed by atoms with E-state index < -0.39 is 0 Å². The maximum atomic E-state index is 12.8. The van der Waals surface area contributed by atoms with E-state index >= 15 is 0 Å². The van der Waals surface area contributed by atoms with Crippen molar-refractivity contribution < 1.29 is 13.9 Å². The largest absolute Gasteiger partial charge is 0.492 e. The van der Waals surface area contributed by atoms with E-state index in [4.69, 9.17) is 9.15 Å². The third kappa shape index (κ3) is 4.81. The number of benzene rings is 2. The zero-order valence-corrected chi connectivity index (χ0v) is 17.5. The van der Waals surface area contributed by atoms with E-state index in [1.807, 2.05) is 66.9 Å². The fourth-order valence-electron chi connectivity index (χ4n) is 2.89. The van der Waals surface area contributed by atoms with Gasteiger partial charge in [0, 0.05) is 27.8 Å². The lowest BCUT2D eigenvalue weighted by molar-refractivity contribution is 0.0920. The molecule has 2 heterocycles. The minimum absolute atomic E-state index is 0.233. The maximum Gasteiger partial charge on any atom is 0.287 e. The first-order valence-electron chi connectivity index (χ1n) is 9.22. The summed E-state index contributed by atoms with van der Waals surface area (Å²) < 4.78 is 12.5. The van der Waals surface area contributed by atoms with Crippen molar-refractivity contribution in [3.63, 3.8) is 0 Å². The van der Waals surface area contributed by atoms with Gasteiger partial charge in [-0.3, -0.25) is 4.79 Å². The predicted molar refractivity (Wildman–Crippen MR) is 117 cm³/mol. The molecule has 4 rings (SSSR count). The molecule has 148 valence electrons. The van der Waals surface area contributed by atoms with Crippen molar-refractivity contribution in [3.05, 3.63) is 77.0 Å². The Morgan fingerprint density at radius 2 is 1.97 bits per heavy atom. The maximum absolute atomic E-state index is 12.8. The highest BCUT2D eigenvalue weighted by molar-refractivity contribution is 8.00. The minimum atomic E-state index is -0.233. The summed E-state index contributed by atoms with van der Waals surface area (Å²) in [5.41, 5.74) is 2.61. The number of nitrogens with one attached hydrogen (secondary N) is 1. The molecule has 2 aromatic heterocycles. The molecule has 0 aliphatic carbocycles. The van der Waals surface area contributed by atoms with Gasteiger partial charge in [0.15, 0.2) is 5.76 Å². The molecular formula is C22H20N2O3S2. The lowest BCUT2D eigenvalue weighted by Gasteiger charge is -2.07. The minimum Gasteiger partial charge on any atom is -0.492 e. The molecule has 4 aromatic rings. The van der Waals surface area contributed by atoms with Crippen LogP contribution in [0.5, 0.6) is 5.75 Å². The van der Waals surface area contributed by atoms with Gasteiger partial charge in [0.25, 0.3) is 5.91 Å². The first kappa shape index (κ1) is 19.5. The summed E-state index contributed by atoms with van der Waals surface area (Å²) in [6.07, 6.45) is 0.